The van der Waals surface area contributed by atoms with Crippen molar-refractivity contribution in [2.75, 3.05) is 0 Å². The molecule has 2 aromatic rings. The lowest BCUT2D eigenvalue weighted by Gasteiger charge is -2.06. The molecule has 0 aliphatic rings. The number of hydrogen-bond donors (Lipinski definition) is 2. The molecule has 2 N–H and O–H groups in total. The molecule has 2 heterocycles. The van der Waals surface area contributed by atoms with Crippen LogP contribution in [0.1, 0.15) is 6.42 Å². The van der Waals surface area contributed by atoms with Crippen molar-refractivity contribution in [2.24, 2.45) is 0 Å². The fourth-order valence-electron chi connectivity index (χ4n) is 1.68. The van der Waals surface area contributed by atoms with Crippen molar-refractivity contribution in [3.05, 3.63) is 64.6 Å². The van der Waals surface area contributed by atoms with E-state index in [9.17, 15) is 19.2 Å². The molecule has 0 radical (unpaired) electrons. The van der Waals surface area contributed by atoms with Crippen LogP contribution in [-0.2, 0) is 13.1 Å². The number of aryl methyl sites for hydroxylation is 2. The molecule has 0 amide bonds. The second-order valence-corrected chi connectivity index (χ2v) is 4.94. The number of nitrogens with one attached hydrogen (secondary N) is 2. The topological polar surface area (TPSA) is 110 Å². The molecule has 2 rings (SSSR count). The van der Waals surface area contributed by atoms with Gasteiger partial charge in [0.15, 0.2) is 0 Å². The monoisotopic (exact) mass is 342 g/mol. The second-order valence-electron chi connectivity index (χ2n) is 4.09. The standard InChI is InChI=1S/C11H11BrN4O4/c12-7-6-16(11(20)14-9(7)18)4-1-3-15-5-2-8(17)13-10(15)19/h2,5-6H,1,3-4H2,(H,13,17,19)(H,14,18,20). The minimum absolute atomic E-state index is 0.262. The largest absolute Gasteiger partial charge is 0.328 e. The quantitative estimate of drug-likeness (QED) is 0.760. The third kappa shape index (κ3) is 3.23. The summed E-state index contributed by atoms with van der Waals surface area (Å²) in [4.78, 5) is 49.3. The summed E-state index contributed by atoms with van der Waals surface area (Å²) in [5.74, 6) is 0. The average Bonchev–Trinajstić information content (AvgIpc) is 2.38. The van der Waals surface area contributed by atoms with Crippen molar-refractivity contribution >= 4 is 15.9 Å². The maximum Gasteiger partial charge on any atom is 0.328 e. The third-order valence-electron chi connectivity index (χ3n) is 2.66. The van der Waals surface area contributed by atoms with E-state index in [-0.39, 0.29) is 4.47 Å². The van der Waals surface area contributed by atoms with Gasteiger partial charge in [0.2, 0.25) is 0 Å². The molecule has 0 aliphatic heterocycles. The maximum atomic E-state index is 11.5. The summed E-state index contributed by atoms with van der Waals surface area (Å²) in [5.41, 5.74) is -1.94. The van der Waals surface area contributed by atoms with Crippen molar-refractivity contribution in [1.29, 1.82) is 0 Å². The summed E-state index contributed by atoms with van der Waals surface area (Å²) in [5, 5.41) is 0. The molecule has 20 heavy (non-hydrogen) atoms. The fraction of sp³-hybridized carbons (Fsp3) is 0.273. The second kappa shape index (κ2) is 5.87. The van der Waals surface area contributed by atoms with Crippen LogP contribution in [0.4, 0.5) is 0 Å². The first-order valence-corrected chi connectivity index (χ1v) is 6.56. The van der Waals surface area contributed by atoms with Gasteiger partial charge in [-0.25, -0.2) is 9.59 Å². The van der Waals surface area contributed by atoms with Crippen LogP contribution in [-0.4, -0.2) is 19.1 Å². The number of nitrogens with zero attached hydrogens (tertiary/aromatic N) is 2. The summed E-state index contributed by atoms with van der Waals surface area (Å²) in [6.45, 7) is 0.679. The van der Waals surface area contributed by atoms with Crippen LogP contribution in [0.5, 0.6) is 0 Å². The van der Waals surface area contributed by atoms with Crippen molar-refractivity contribution in [3.8, 4) is 0 Å². The molecule has 0 saturated heterocycles. The van der Waals surface area contributed by atoms with E-state index >= 15 is 0 Å². The van der Waals surface area contributed by atoms with Gasteiger partial charge >= 0.3 is 11.4 Å². The van der Waals surface area contributed by atoms with Crippen molar-refractivity contribution in [1.82, 2.24) is 19.1 Å². The summed E-state index contributed by atoms with van der Waals surface area (Å²) < 4.78 is 2.94. The first-order valence-electron chi connectivity index (χ1n) is 5.76. The Morgan fingerprint density at radius 1 is 1.00 bits per heavy atom. The Balaban J connectivity index is 2.08. The number of halogens is 1. The molecule has 0 saturated carbocycles. The summed E-state index contributed by atoms with van der Waals surface area (Å²) in [6.07, 6.45) is 3.29. The van der Waals surface area contributed by atoms with Gasteiger partial charge in [-0.05, 0) is 22.4 Å². The van der Waals surface area contributed by atoms with Crippen molar-refractivity contribution in [2.45, 2.75) is 19.5 Å². The van der Waals surface area contributed by atoms with E-state index in [4.69, 9.17) is 0 Å². The highest BCUT2D eigenvalue weighted by molar-refractivity contribution is 9.10. The van der Waals surface area contributed by atoms with Gasteiger partial charge in [-0.1, -0.05) is 0 Å². The van der Waals surface area contributed by atoms with E-state index in [0.717, 1.165) is 0 Å². The Morgan fingerprint density at radius 3 is 2.35 bits per heavy atom. The Hall–Kier alpha value is -2.16. The minimum atomic E-state index is -0.507. The van der Waals surface area contributed by atoms with Crippen molar-refractivity contribution in [3.63, 3.8) is 0 Å². The molecule has 0 bridgehead atoms. The SMILES string of the molecule is O=c1ccn(CCCn2cc(Br)c(=O)[nH]c2=O)c(=O)[nH]1. The number of aromatic nitrogens is 4. The van der Waals surface area contributed by atoms with Crippen LogP contribution in [0.3, 0.4) is 0 Å². The zero-order valence-electron chi connectivity index (χ0n) is 10.3. The number of aromatic amines is 2. The molecule has 0 aromatic carbocycles. The molecule has 0 aliphatic carbocycles. The number of rotatable bonds is 4. The Bertz CT molecular complexity index is 845. The van der Waals surface area contributed by atoms with Gasteiger partial charge < -0.3 is 4.57 Å². The first kappa shape index (κ1) is 14.3. The van der Waals surface area contributed by atoms with Gasteiger partial charge in [-0.15, -0.1) is 0 Å². The minimum Gasteiger partial charge on any atom is -0.301 e. The molecule has 0 atom stereocenters. The molecule has 0 unspecified atom stereocenters. The Morgan fingerprint density at radius 2 is 1.65 bits per heavy atom. The normalized spacial score (nSPS) is 10.7. The molecule has 2 aromatic heterocycles. The molecule has 0 fully saturated rings. The first-order chi connectivity index (χ1) is 9.47. The van der Waals surface area contributed by atoms with E-state index in [1.54, 1.807) is 0 Å². The van der Waals surface area contributed by atoms with Crippen molar-refractivity contribution < 1.29 is 0 Å². The Labute approximate surface area is 119 Å². The van der Waals surface area contributed by atoms with Crippen LogP contribution >= 0.6 is 15.9 Å². The van der Waals surface area contributed by atoms with Crippen LogP contribution in [0.25, 0.3) is 0 Å². The predicted molar refractivity (Wildman–Crippen MR) is 75.0 cm³/mol. The predicted octanol–water partition coefficient (Wildman–Crippen LogP) is -0.761. The summed E-state index contributed by atoms with van der Waals surface area (Å²) >= 11 is 3.04. The third-order valence-corrected chi connectivity index (χ3v) is 3.23. The van der Waals surface area contributed by atoms with Crippen LogP contribution in [0.2, 0.25) is 0 Å². The summed E-state index contributed by atoms with van der Waals surface area (Å²) in [7, 11) is 0. The lowest BCUT2D eigenvalue weighted by atomic mass is 10.4. The van der Waals surface area contributed by atoms with E-state index < -0.39 is 22.5 Å². The van der Waals surface area contributed by atoms with Gasteiger partial charge in [0.25, 0.3) is 11.1 Å². The van der Waals surface area contributed by atoms with E-state index in [1.165, 1.54) is 27.6 Å². The van der Waals surface area contributed by atoms with Crippen LogP contribution in [0, 0.1) is 0 Å². The van der Waals surface area contributed by atoms with Gasteiger partial charge in [0.1, 0.15) is 0 Å². The maximum absolute atomic E-state index is 11.5. The highest BCUT2D eigenvalue weighted by Gasteiger charge is 2.02. The Kier molecular flexibility index (Phi) is 4.18. The van der Waals surface area contributed by atoms with Gasteiger partial charge in [0, 0.05) is 31.5 Å². The fourth-order valence-corrected chi connectivity index (χ4v) is 2.03. The average molecular weight is 343 g/mol. The smallest absolute Gasteiger partial charge is 0.301 e. The molecule has 8 nitrogen and oxygen atoms in total. The molecule has 9 heteroatoms. The number of hydrogen-bond acceptors (Lipinski definition) is 4. The summed E-state index contributed by atoms with van der Waals surface area (Å²) in [6, 6.07) is 1.25. The lowest BCUT2D eigenvalue weighted by Crippen LogP contribution is -2.31. The van der Waals surface area contributed by atoms with Gasteiger partial charge in [-0.2, -0.15) is 0 Å². The lowest BCUT2D eigenvalue weighted by molar-refractivity contribution is 0.527. The molecule has 106 valence electrons. The van der Waals surface area contributed by atoms with E-state index in [1.807, 2.05) is 0 Å². The van der Waals surface area contributed by atoms with Crippen LogP contribution < -0.4 is 22.5 Å². The van der Waals surface area contributed by atoms with Gasteiger partial charge in [-0.3, -0.25) is 24.1 Å². The molecular weight excluding hydrogens is 332 g/mol. The van der Waals surface area contributed by atoms with E-state index in [2.05, 4.69) is 25.9 Å². The van der Waals surface area contributed by atoms with Gasteiger partial charge in [0.05, 0.1) is 4.47 Å². The molecule has 0 spiro atoms. The number of H-pyrrole nitrogens is 2. The van der Waals surface area contributed by atoms with Crippen LogP contribution in [0.15, 0.2) is 42.1 Å². The zero-order chi connectivity index (χ0) is 14.7. The highest BCUT2D eigenvalue weighted by atomic mass is 79.9. The zero-order valence-corrected chi connectivity index (χ0v) is 11.8. The molecular formula is C11H11BrN4O4. The highest BCUT2D eigenvalue weighted by Crippen LogP contribution is 1.99. The van der Waals surface area contributed by atoms with E-state index in [0.29, 0.717) is 19.5 Å².